The lowest BCUT2D eigenvalue weighted by Gasteiger charge is -2.12. The van der Waals surface area contributed by atoms with Crippen molar-refractivity contribution in [2.24, 2.45) is 0 Å². The maximum absolute atomic E-state index is 12.9. The number of rotatable bonds is 3. The fourth-order valence-corrected chi connectivity index (χ4v) is 3.61. The third kappa shape index (κ3) is 2.14. The van der Waals surface area contributed by atoms with E-state index in [-0.39, 0.29) is 22.6 Å². The second kappa shape index (κ2) is 5.47. The summed E-state index contributed by atoms with van der Waals surface area (Å²) in [6.07, 6.45) is 0. The van der Waals surface area contributed by atoms with E-state index in [1.165, 1.54) is 11.0 Å². The number of amides is 2. The van der Waals surface area contributed by atoms with Gasteiger partial charge in [-0.3, -0.25) is 14.5 Å². The molecule has 4 rings (SSSR count). The SMILES string of the molecule is CNCCN1C(=O)c2cc(C)c3[nH]c4cc(Cl)c(O)cc4c3c2C1=O. The van der Waals surface area contributed by atoms with Gasteiger partial charge in [-0.1, -0.05) is 11.6 Å². The standard InChI is InChI=1S/C18H16ClN3O3/c1-8-5-10-15(18(25)22(17(10)24)4-3-20-2)14-9-6-13(23)11(19)7-12(9)21-16(8)14/h5-7,20-21,23H,3-4H2,1-2H3. The van der Waals surface area contributed by atoms with E-state index in [9.17, 15) is 14.7 Å². The molecule has 1 aliphatic rings. The molecule has 0 atom stereocenters. The van der Waals surface area contributed by atoms with E-state index in [0.29, 0.717) is 40.5 Å². The molecule has 2 heterocycles. The van der Waals surface area contributed by atoms with Crippen molar-refractivity contribution in [2.75, 3.05) is 20.1 Å². The fourth-order valence-electron chi connectivity index (χ4n) is 3.44. The van der Waals surface area contributed by atoms with Gasteiger partial charge < -0.3 is 15.4 Å². The molecule has 0 saturated carbocycles. The van der Waals surface area contributed by atoms with Gasteiger partial charge in [0.15, 0.2) is 0 Å². The summed E-state index contributed by atoms with van der Waals surface area (Å²) in [6.45, 7) is 2.72. The number of aromatic hydroxyl groups is 1. The monoisotopic (exact) mass is 357 g/mol. The Balaban J connectivity index is 2.05. The highest BCUT2D eigenvalue weighted by Gasteiger charge is 2.38. The number of fused-ring (bicyclic) bond motifs is 5. The van der Waals surface area contributed by atoms with Crippen LogP contribution in [0.4, 0.5) is 0 Å². The molecule has 0 aliphatic carbocycles. The number of halogens is 1. The number of aromatic nitrogens is 1. The number of phenolic OH excluding ortho intramolecular Hbond substituents is 1. The van der Waals surface area contributed by atoms with Crippen molar-refractivity contribution in [3.8, 4) is 5.75 Å². The molecule has 0 bridgehead atoms. The van der Waals surface area contributed by atoms with Gasteiger partial charge in [0.1, 0.15) is 5.75 Å². The molecule has 0 spiro atoms. The number of nitrogens with zero attached hydrogens (tertiary/aromatic N) is 1. The van der Waals surface area contributed by atoms with Gasteiger partial charge in [0.05, 0.1) is 21.7 Å². The predicted octanol–water partition coefficient (Wildman–Crippen LogP) is 2.80. The molecule has 0 saturated heterocycles. The van der Waals surface area contributed by atoms with Crippen molar-refractivity contribution in [1.29, 1.82) is 0 Å². The molecule has 6 nitrogen and oxygen atoms in total. The minimum absolute atomic E-state index is 0.0610. The number of hydrogen-bond donors (Lipinski definition) is 3. The van der Waals surface area contributed by atoms with Crippen LogP contribution in [0.2, 0.25) is 5.02 Å². The van der Waals surface area contributed by atoms with Crippen LogP contribution < -0.4 is 5.32 Å². The van der Waals surface area contributed by atoms with Crippen LogP contribution in [0.1, 0.15) is 26.3 Å². The highest BCUT2D eigenvalue weighted by atomic mass is 35.5. The first kappa shape index (κ1) is 15.9. The van der Waals surface area contributed by atoms with Gasteiger partial charge in [0, 0.05) is 29.4 Å². The van der Waals surface area contributed by atoms with Crippen LogP contribution in [-0.2, 0) is 0 Å². The van der Waals surface area contributed by atoms with E-state index in [1.54, 1.807) is 19.2 Å². The topological polar surface area (TPSA) is 85.4 Å². The molecule has 1 aliphatic heterocycles. The summed E-state index contributed by atoms with van der Waals surface area (Å²) in [5, 5.41) is 14.5. The van der Waals surface area contributed by atoms with Crippen molar-refractivity contribution in [3.63, 3.8) is 0 Å². The Bertz CT molecular complexity index is 1070. The molecular formula is C18H16ClN3O3. The van der Waals surface area contributed by atoms with Gasteiger partial charge in [-0.05, 0) is 37.7 Å². The van der Waals surface area contributed by atoms with Crippen molar-refractivity contribution < 1.29 is 14.7 Å². The van der Waals surface area contributed by atoms with E-state index in [0.717, 1.165) is 11.1 Å². The zero-order chi connectivity index (χ0) is 17.9. The van der Waals surface area contributed by atoms with Crippen LogP contribution in [0.3, 0.4) is 0 Å². The maximum Gasteiger partial charge on any atom is 0.262 e. The van der Waals surface area contributed by atoms with Gasteiger partial charge >= 0.3 is 0 Å². The minimum atomic E-state index is -0.310. The molecule has 3 aromatic rings. The molecule has 0 unspecified atom stereocenters. The number of likely N-dealkylation sites (N-methyl/N-ethyl adjacent to an activating group) is 1. The second-order valence-electron chi connectivity index (χ2n) is 6.21. The lowest BCUT2D eigenvalue weighted by Crippen LogP contribution is -2.35. The van der Waals surface area contributed by atoms with Crippen molar-refractivity contribution >= 4 is 45.2 Å². The predicted molar refractivity (Wildman–Crippen MR) is 96.5 cm³/mol. The summed E-state index contributed by atoms with van der Waals surface area (Å²) in [5.74, 6) is -0.655. The lowest BCUT2D eigenvalue weighted by molar-refractivity contribution is 0.0657. The summed E-state index contributed by atoms with van der Waals surface area (Å²) in [5.41, 5.74) is 3.13. The van der Waals surface area contributed by atoms with E-state index in [2.05, 4.69) is 10.3 Å². The summed E-state index contributed by atoms with van der Waals surface area (Å²) < 4.78 is 0. The van der Waals surface area contributed by atoms with E-state index < -0.39 is 0 Å². The third-order valence-corrected chi connectivity index (χ3v) is 4.96. The number of carbonyl (C=O) groups is 2. The van der Waals surface area contributed by atoms with Crippen molar-refractivity contribution in [3.05, 3.63) is 39.9 Å². The number of aromatic amines is 1. The highest BCUT2D eigenvalue weighted by Crippen LogP contribution is 2.39. The quantitative estimate of drug-likeness (QED) is 0.629. The number of aryl methyl sites for hydroxylation is 1. The molecule has 128 valence electrons. The average molecular weight is 358 g/mol. The summed E-state index contributed by atoms with van der Waals surface area (Å²) >= 11 is 6.00. The zero-order valence-corrected chi connectivity index (χ0v) is 14.5. The third-order valence-electron chi connectivity index (χ3n) is 4.66. The molecule has 0 radical (unpaired) electrons. The highest BCUT2D eigenvalue weighted by molar-refractivity contribution is 6.34. The number of benzene rings is 2. The first-order chi connectivity index (χ1) is 11.9. The van der Waals surface area contributed by atoms with Gasteiger partial charge in [0.25, 0.3) is 11.8 Å². The van der Waals surface area contributed by atoms with Crippen LogP contribution in [-0.4, -0.2) is 46.9 Å². The Kier molecular flexibility index (Phi) is 3.49. The smallest absolute Gasteiger partial charge is 0.262 e. The fraction of sp³-hybridized carbons (Fsp3) is 0.222. The van der Waals surface area contributed by atoms with E-state index in [4.69, 9.17) is 11.6 Å². The Morgan fingerprint density at radius 3 is 2.72 bits per heavy atom. The molecule has 2 amide bonds. The Morgan fingerprint density at radius 2 is 2.00 bits per heavy atom. The lowest BCUT2D eigenvalue weighted by atomic mass is 9.99. The van der Waals surface area contributed by atoms with Gasteiger partial charge in [-0.15, -0.1) is 0 Å². The number of phenols is 1. The van der Waals surface area contributed by atoms with Crippen LogP contribution in [0.5, 0.6) is 5.75 Å². The molecule has 2 aromatic carbocycles. The molecule has 7 heteroatoms. The number of hydrogen-bond acceptors (Lipinski definition) is 4. The normalized spacial score (nSPS) is 14.1. The number of carbonyl (C=O) groups excluding carboxylic acids is 2. The Labute approximate surface area is 148 Å². The molecular weight excluding hydrogens is 342 g/mol. The number of H-pyrrole nitrogens is 1. The maximum atomic E-state index is 12.9. The molecule has 3 N–H and O–H groups in total. The van der Waals surface area contributed by atoms with Gasteiger partial charge in [-0.25, -0.2) is 0 Å². The summed E-state index contributed by atoms with van der Waals surface area (Å²) in [7, 11) is 1.77. The first-order valence-corrected chi connectivity index (χ1v) is 8.30. The first-order valence-electron chi connectivity index (χ1n) is 7.92. The van der Waals surface area contributed by atoms with Gasteiger partial charge in [0.2, 0.25) is 0 Å². The average Bonchev–Trinajstić information content (AvgIpc) is 3.04. The summed E-state index contributed by atoms with van der Waals surface area (Å²) in [4.78, 5) is 30.1. The molecule has 1 aromatic heterocycles. The van der Waals surface area contributed by atoms with Crippen LogP contribution >= 0.6 is 11.6 Å². The minimum Gasteiger partial charge on any atom is -0.506 e. The van der Waals surface area contributed by atoms with E-state index >= 15 is 0 Å². The van der Waals surface area contributed by atoms with Crippen LogP contribution in [0.15, 0.2) is 18.2 Å². The zero-order valence-electron chi connectivity index (χ0n) is 13.7. The Hall–Kier alpha value is -2.57. The van der Waals surface area contributed by atoms with E-state index in [1.807, 2.05) is 6.92 Å². The molecule has 0 fully saturated rings. The second-order valence-corrected chi connectivity index (χ2v) is 6.61. The molecule has 25 heavy (non-hydrogen) atoms. The number of nitrogens with one attached hydrogen (secondary N) is 2. The van der Waals surface area contributed by atoms with Crippen LogP contribution in [0.25, 0.3) is 21.8 Å². The Morgan fingerprint density at radius 1 is 1.24 bits per heavy atom. The van der Waals surface area contributed by atoms with Gasteiger partial charge in [-0.2, -0.15) is 0 Å². The summed E-state index contributed by atoms with van der Waals surface area (Å²) in [6, 6.07) is 4.90. The van der Waals surface area contributed by atoms with Crippen LogP contribution in [0, 0.1) is 6.92 Å². The van der Waals surface area contributed by atoms with Crippen molar-refractivity contribution in [2.45, 2.75) is 6.92 Å². The largest absolute Gasteiger partial charge is 0.506 e. The number of imide groups is 1. The van der Waals surface area contributed by atoms with Crippen molar-refractivity contribution in [1.82, 2.24) is 15.2 Å².